The summed E-state index contributed by atoms with van der Waals surface area (Å²) in [7, 11) is -2.28. The van der Waals surface area contributed by atoms with Crippen LogP contribution in [0.1, 0.15) is 43.9 Å². The summed E-state index contributed by atoms with van der Waals surface area (Å²) in [5, 5.41) is 2.91. The van der Waals surface area contributed by atoms with Gasteiger partial charge in [-0.2, -0.15) is 4.31 Å². The van der Waals surface area contributed by atoms with E-state index >= 15 is 0 Å². The van der Waals surface area contributed by atoms with Gasteiger partial charge in [0.25, 0.3) is 0 Å². The van der Waals surface area contributed by atoms with E-state index in [1.807, 2.05) is 26.0 Å². The third kappa shape index (κ3) is 5.86. The molecular weight excluding hydrogens is 410 g/mol. The Labute approximate surface area is 186 Å². The SMILES string of the molecule is Cc1ccc(S(=O)(=O)N(C)CC(=O)N[C@H](C)c2ccc(N3CCC[C@@H](C)C3)cc2)cc1. The number of nitrogens with one attached hydrogen (secondary N) is 1. The van der Waals surface area contributed by atoms with Gasteiger partial charge in [-0.25, -0.2) is 8.42 Å². The van der Waals surface area contributed by atoms with Crippen molar-refractivity contribution in [2.45, 2.75) is 44.6 Å². The van der Waals surface area contributed by atoms with Gasteiger partial charge in [-0.3, -0.25) is 4.79 Å². The average molecular weight is 444 g/mol. The molecule has 0 unspecified atom stereocenters. The number of hydrogen-bond acceptors (Lipinski definition) is 4. The molecule has 3 rings (SSSR count). The first-order valence-corrected chi connectivity index (χ1v) is 12.3. The van der Waals surface area contributed by atoms with Crippen molar-refractivity contribution < 1.29 is 13.2 Å². The van der Waals surface area contributed by atoms with Gasteiger partial charge in [-0.05, 0) is 62.4 Å². The molecule has 1 amide bonds. The Morgan fingerprint density at radius 2 is 1.81 bits per heavy atom. The highest BCUT2D eigenvalue weighted by Crippen LogP contribution is 2.24. The highest BCUT2D eigenvalue weighted by Gasteiger charge is 2.23. The second-order valence-corrected chi connectivity index (χ2v) is 10.7. The molecule has 2 aromatic carbocycles. The average Bonchev–Trinajstić information content (AvgIpc) is 2.74. The summed E-state index contributed by atoms with van der Waals surface area (Å²) in [5.41, 5.74) is 3.18. The molecule has 1 heterocycles. The normalized spacial score (nSPS) is 18.1. The molecule has 0 aliphatic carbocycles. The molecule has 0 saturated carbocycles. The molecule has 6 nitrogen and oxygen atoms in total. The smallest absolute Gasteiger partial charge is 0.243 e. The maximum atomic E-state index is 12.7. The third-order valence-electron chi connectivity index (χ3n) is 5.89. The minimum atomic E-state index is -3.71. The molecule has 2 atom stereocenters. The van der Waals surface area contributed by atoms with Crippen LogP contribution < -0.4 is 10.2 Å². The van der Waals surface area contributed by atoms with Gasteiger partial charge in [0.15, 0.2) is 0 Å². The second-order valence-electron chi connectivity index (χ2n) is 8.65. The molecule has 168 valence electrons. The number of hydrogen-bond donors (Lipinski definition) is 1. The lowest BCUT2D eigenvalue weighted by atomic mass is 9.99. The Kier molecular flexibility index (Phi) is 7.38. The van der Waals surface area contributed by atoms with Crippen molar-refractivity contribution in [3.63, 3.8) is 0 Å². The summed E-state index contributed by atoms with van der Waals surface area (Å²) < 4.78 is 26.5. The quantitative estimate of drug-likeness (QED) is 0.708. The summed E-state index contributed by atoms with van der Waals surface area (Å²) in [5.74, 6) is 0.374. The number of rotatable bonds is 7. The topological polar surface area (TPSA) is 69.7 Å². The number of nitrogens with zero attached hydrogens (tertiary/aromatic N) is 2. The molecule has 2 aromatic rings. The lowest BCUT2D eigenvalue weighted by Crippen LogP contribution is -2.39. The third-order valence-corrected chi connectivity index (χ3v) is 7.71. The summed E-state index contributed by atoms with van der Waals surface area (Å²) in [4.78, 5) is 15.1. The predicted molar refractivity (Wildman–Crippen MR) is 125 cm³/mol. The lowest BCUT2D eigenvalue weighted by Gasteiger charge is -2.33. The van der Waals surface area contributed by atoms with Crippen molar-refractivity contribution in [1.82, 2.24) is 9.62 Å². The van der Waals surface area contributed by atoms with Crippen molar-refractivity contribution in [2.24, 2.45) is 5.92 Å². The van der Waals surface area contributed by atoms with E-state index in [9.17, 15) is 13.2 Å². The minimum Gasteiger partial charge on any atom is -0.371 e. The van der Waals surface area contributed by atoms with Gasteiger partial charge >= 0.3 is 0 Å². The maximum Gasteiger partial charge on any atom is 0.243 e. The lowest BCUT2D eigenvalue weighted by molar-refractivity contribution is -0.121. The summed E-state index contributed by atoms with van der Waals surface area (Å²) >= 11 is 0. The number of anilines is 1. The molecule has 1 saturated heterocycles. The number of likely N-dealkylation sites (N-methyl/N-ethyl adjacent to an activating group) is 1. The molecule has 0 aromatic heterocycles. The van der Waals surface area contributed by atoms with Crippen LogP contribution in [0.5, 0.6) is 0 Å². The Hall–Kier alpha value is -2.38. The summed E-state index contributed by atoms with van der Waals surface area (Å²) in [6.45, 7) is 8.02. The fourth-order valence-corrected chi connectivity index (χ4v) is 5.07. The molecule has 31 heavy (non-hydrogen) atoms. The first kappa shape index (κ1) is 23.3. The van der Waals surface area contributed by atoms with Gasteiger partial charge in [-0.15, -0.1) is 0 Å². The summed E-state index contributed by atoms with van der Waals surface area (Å²) in [6.07, 6.45) is 2.50. The number of benzene rings is 2. The molecule has 1 aliphatic rings. The van der Waals surface area contributed by atoms with Crippen LogP contribution in [0.15, 0.2) is 53.4 Å². The van der Waals surface area contributed by atoms with Crippen molar-refractivity contribution in [3.05, 3.63) is 59.7 Å². The van der Waals surface area contributed by atoms with Gasteiger partial charge in [0.1, 0.15) is 0 Å². The van der Waals surface area contributed by atoms with Crippen LogP contribution in [0.4, 0.5) is 5.69 Å². The first-order valence-electron chi connectivity index (χ1n) is 10.8. The van der Waals surface area contributed by atoms with E-state index < -0.39 is 10.0 Å². The van der Waals surface area contributed by atoms with Crippen molar-refractivity contribution in [2.75, 3.05) is 31.6 Å². The van der Waals surface area contributed by atoms with E-state index in [2.05, 4.69) is 29.3 Å². The van der Waals surface area contributed by atoms with Gasteiger partial charge in [0, 0.05) is 25.8 Å². The Balaban J connectivity index is 1.58. The van der Waals surface area contributed by atoms with Crippen molar-refractivity contribution >= 4 is 21.6 Å². The minimum absolute atomic E-state index is 0.184. The van der Waals surface area contributed by atoms with Gasteiger partial charge < -0.3 is 10.2 Å². The zero-order valence-corrected chi connectivity index (χ0v) is 19.7. The van der Waals surface area contributed by atoms with E-state index in [1.54, 1.807) is 24.3 Å². The zero-order valence-electron chi connectivity index (χ0n) is 18.8. The standard InChI is InChI=1S/C24H33N3O3S/c1-18-7-13-23(14-8-18)31(29,30)26(4)17-24(28)25-20(3)21-9-11-22(12-10-21)27-15-5-6-19(2)16-27/h7-14,19-20H,5-6,15-17H2,1-4H3,(H,25,28)/t19-,20-/m1/s1. The molecule has 7 heteroatoms. The van der Waals surface area contributed by atoms with Crippen LogP contribution in [0, 0.1) is 12.8 Å². The number of sulfonamides is 1. The Morgan fingerprint density at radius 3 is 2.42 bits per heavy atom. The molecule has 0 bridgehead atoms. The molecule has 0 radical (unpaired) electrons. The molecular formula is C24H33N3O3S. The van der Waals surface area contributed by atoms with Gasteiger partial charge in [-0.1, -0.05) is 36.8 Å². The van der Waals surface area contributed by atoms with Crippen molar-refractivity contribution in [1.29, 1.82) is 0 Å². The fraction of sp³-hybridized carbons (Fsp3) is 0.458. The van der Waals surface area contributed by atoms with Crippen molar-refractivity contribution in [3.8, 4) is 0 Å². The molecule has 1 fully saturated rings. The van der Waals surface area contributed by atoms with Gasteiger partial charge in [0.2, 0.25) is 15.9 Å². The number of carbonyl (C=O) groups is 1. The number of aryl methyl sites for hydroxylation is 1. The highest BCUT2D eigenvalue weighted by molar-refractivity contribution is 7.89. The van der Waals surface area contributed by atoms with E-state index in [0.29, 0.717) is 5.92 Å². The van der Waals surface area contributed by atoms with E-state index in [4.69, 9.17) is 0 Å². The predicted octanol–water partition coefficient (Wildman–Crippen LogP) is 3.73. The number of carbonyl (C=O) groups excluding carboxylic acids is 1. The van der Waals surface area contributed by atoms with Crippen LogP contribution in [-0.4, -0.2) is 45.3 Å². The maximum absolute atomic E-state index is 12.7. The zero-order chi connectivity index (χ0) is 22.6. The van der Waals surface area contributed by atoms with Crippen LogP contribution in [0.2, 0.25) is 0 Å². The number of piperidine rings is 1. The molecule has 1 aliphatic heterocycles. The first-order chi connectivity index (χ1) is 14.7. The van der Waals surface area contributed by atoms with E-state index in [1.165, 1.54) is 25.6 Å². The van der Waals surface area contributed by atoms with E-state index in [-0.39, 0.29) is 23.4 Å². The van der Waals surface area contributed by atoms with Crippen LogP contribution >= 0.6 is 0 Å². The molecule has 1 N–H and O–H groups in total. The summed E-state index contributed by atoms with van der Waals surface area (Å²) in [6, 6.07) is 14.7. The van der Waals surface area contributed by atoms with Crippen LogP contribution in [0.25, 0.3) is 0 Å². The monoisotopic (exact) mass is 443 g/mol. The van der Waals surface area contributed by atoms with Crippen LogP contribution in [-0.2, 0) is 14.8 Å². The highest BCUT2D eigenvalue weighted by atomic mass is 32.2. The molecule has 0 spiro atoms. The Morgan fingerprint density at radius 1 is 1.16 bits per heavy atom. The Bertz CT molecular complexity index is 988. The second kappa shape index (κ2) is 9.83. The van der Waals surface area contributed by atoms with Crippen LogP contribution in [0.3, 0.4) is 0 Å². The largest absolute Gasteiger partial charge is 0.371 e. The number of amides is 1. The fourth-order valence-electron chi connectivity index (χ4n) is 3.95. The van der Waals surface area contributed by atoms with Gasteiger partial charge in [0.05, 0.1) is 17.5 Å². The van der Waals surface area contributed by atoms with E-state index in [0.717, 1.165) is 28.5 Å².